The Bertz CT molecular complexity index is 359. The Morgan fingerprint density at radius 3 is 2.65 bits per heavy atom. The molecule has 17 heavy (non-hydrogen) atoms. The molecular formula is C14H22N2O. The monoisotopic (exact) mass is 234 g/mol. The number of likely N-dealkylation sites (tertiary alicyclic amines) is 1. The van der Waals surface area contributed by atoms with Crippen molar-refractivity contribution in [2.75, 3.05) is 25.4 Å². The lowest BCUT2D eigenvalue weighted by molar-refractivity contribution is 0.226. The van der Waals surface area contributed by atoms with Crippen molar-refractivity contribution in [2.45, 2.75) is 32.1 Å². The van der Waals surface area contributed by atoms with Gasteiger partial charge < -0.3 is 15.7 Å². The molecular weight excluding hydrogens is 212 g/mol. The van der Waals surface area contributed by atoms with E-state index in [0.29, 0.717) is 5.69 Å². The zero-order chi connectivity index (χ0) is 12.1. The number of nitrogen functional groups attached to an aromatic ring is 1. The van der Waals surface area contributed by atoms with Gasteiger partial charge in [-0.1, -0.05) is 12.5 Å². The van der Waals surface area contributed by atoms with Crippen LogP contribution in [0.3, 0.4) is 0 Å². The summed E-state index contributed by atoms with van der Waals surface area (Å²) in [6.07, 6.45) is 6.31. The van der Waals surface area contributed by atoms with Crippen molar-refractivity contribution in [3.05, 3.63) is 23.8 Å². The summed E-state index contributed by atoms with van der Waals surface area (Å²) in [4.78, 5) is 2.55. The van der Waals surface area contributed by atoms with Gasteiger partial charge in [0.2, 0.25) is 0 Å². The summed E-state index contributed by atoms with van der Waals surface area (Å²) in [7, 11) is 0. The number of aromatic hydroxyl groups is 1. The summed E-state index contributed by atoms with van der Waals surface area (Å²) in [5.41, 5.74) is 7.38. The van der Waals surface area contributed by atoms with E-state index < -0.39 is 0 Å². The topological polar surface area (TPSA) is 49.5 Å². The molecule has 1 fully saturated rings. The standard InChI is InChI=1S/C14H22N2O/c15-13-11-12(6-7-14(13)17)5-4-10-16-8-2-1-3-9-16/h6-7,11,17H,1-5,8-10,15H2. The third-order valence-electron chi connectivity index (χ3n) is 3.48. The van der Waals surface area contributed by atoms with Crippen LogP contribution in [0.15, 0.2) is 18.2 Å². The maximum absolute atomic E-state index is 9.34. The minimum Gasteiger partial charge on any atom is -0.506 e. The Kier molecular flexibility index (Phi) is 4.26. The normalized spacial score (nSPS) is 17.2. The van der Waals surface area contributed by atoms with E-state index >= 15 is 0 Å². The van der Waals surface area contributed by atoms with Gasteiger partial charge in [0.15, 0.2) is 0 Å². The van der Waals surface area contributed by atoms with Crippen molar-refractivity contribution in [2.24, 2.45) is 0 Å². The molecule has 94 valence electrons. The van der Waals surface area contributed by atoms with Gasteiger partial charge in [0.05, 0.1) is 5.69 Å². The molecule has 3 N–H and O–H groups in total. The minimum atomic E-state index is 0.185. The van der Waals surface area contributed by atoms with Crippen molar-refractivity contribution < 1.29 is 5.11 Å². The molecule has 3 nitrogen and oxygen atoms in total. The molecule has 1 heterocycles. The number of phenolic OH excluding ortho intramolecular Hbond substituents is 1. The van der Waals surface area contributed by atoms with Gasteiger partial charge in [-0.15, -0.1) is 0 Å². The van der Waals surface area contributed by atoms with Gasteiger partial charge in [-0.05, 0) is 63.0 Å². The van der Waals surface area contributed by atoms with Crippen molar-refractivity contribution in [1.82, 2.24) is 4.90 Å². The first kappa shape index (κ1) is 12.2. The van der Waals surface area contributed by atoms with Crippen molar-refractivity contribution >= 4 is 5.69 Å². The first-order chi connectivity index (χ1) is 8.25. The van der Waals surface area contributed by atoms with E-state index in [9.17, 15) is 5.11 Å². The van der Waals surface area contributed by atoms with Gasteiger partial charge in [0.1, 0.15) is 5.75 Å². The zero-order valence-corrected chi connectivity index (χ0v) is 10.4. The lowest BCUT2D eigenvalue weighted by Gasteiger charge is -2.26. The quantitative estimate of drug-likeness (QED) is 0.621. The van der Waals surface area contributed by atoms with Crippen LogP contribution in [-0.4, -0.2) is 29.6 Å². The number of nitrogens with zero attached hydrogens (tertiary/aromatic N) is 1. The molecule has 0 spiro atoms. The molecule has 2 rings (SSSR count). The molecule has 0 aromatic heterocycles. The number of piperidine rings is 1. The molecule has 0 unspecified atom stereocenters. The molecule has 1 aliphatic heterocycles. The Morgan fingerprint density at radius 2 is 1.94 bits per heavy atom. The number of phenols is 1. The second-order valence-electron chi connectivity index (χ2n) is 4.90. The molecule has 1 aromatic rings. The van der Waals surface area contributed by atoms with Gasteiger partial charge >= 0.3 is 0 Å². The summed E-state index contributed by atoms with van der Waals surface area (Å²) in [6, 6.07) is 5.53. The van der Waals surface area contributed by atoms with Crippen LogP contribution in [0.2, 0.25) is 0 Å². The Labute approximate surface area is 103 Å². The lowest BCUT2D eigenvalue weighted by Crippen LogP contribution is -2.30. The third-order valence-corrected chi connectivity index (χ3v) is 3.48. The molecule has 0 amide bonds. The number of rotatable bonds is 4. The molecule has 0 atom stereocenters. The molecule has 1 aromatic carbocycles. The fourth-order valence-corrected chi connectivity index (χ4v) is 2.45. The summed E-state index contributed by atoms with van der Waals surface area (Å²) >= 11 is 0. The highest BCUT2D eigenvalue weighted by molar-refractivity contribution is 5.53. The van der Waals surface area contributed by atoms with Crippen LogP contribution in [-0.2, 0) is 6.42 Å². The Balaban J connectivity index is 1.75. The minimum absolute atomic E-state index is 0.185. The van der Waals surface area contributed by atoms with Crippen molar-refractivity contribution in [1.29, 1.82) is 0 Å². The average molecular weight is 234 g/mol. The van der Waals surface area contributed by atoms with E-state index in [1.54, 1.807) is 6.07 Å². The third kappa shape index (κ3) is 3.63. The van der Waals surface area contributed by atoms with Crippen LogP contribution >= 0.6 is 0 Å². The van der Waals surface area contributed by atoms with Crippen LogP contribution in [0, 0.1) is 0 Å². The van der Waals surface area contributed by atoms with Gasteiger partial charge in [-0.3, -0.25) is 0 Å². The molecule has 0 bridgehead atoms. The lowest BCUT2D eigenvalue weighted by atomic mass is 10.1. The highest BCUT2D eigenvalue weighted by Gasteiger charge is 2.09. The predicted octanol–water partition coefficient (Wildman–Crippen LogP) is 2.39. The molecule has 1 aliphatic rings. The van der Waals surface area contributed by atoms with Crippen molar-refractivity contribution in [3.63, 3.8) is 0 Å². The van der Waals surface area contributed by atoms with Gasteiger partial charge in [-0.2, -0.15) is 0 Å². The van der Waals surface area contributed by atoms with E-state index in [2.05, 4.69) is 4.90 Å². The molecule has 0 radical (unpaired) electrons. The fraction of sp³-hybridized carbons (Fsp3) is 0.571. The van der Waals surface area contributed by atoms with E-state index in [1.807, 2.05) is 12.1 Å². The summed E-state index contributed by atoms with van der Waals surface area (Å²) in [6.45, 7) is 3.70. The van der Waals surface area contributed by atoms with Gasteiger partial charge in [0, 0.05) is 0 Å². The highest BCUT2D eigenvalue weighted by Crippen LogP contribution is 2.21. The molecule has 1 saturated heterocycles. The second-order valence-corrected chi connectivity index (χ2v) is 4.90. The average Bonchev–Trinajstić information content (AvgIpc) is 2.35. The van der Waals surface area contributed by atoms with E-state index in [-0.39, 0.29) is 5.75 Å². The van der Waals surface area contributed by atoms with Crippen molar-refractivity contribution in [3.8, 4) is 5.75 Å². The van der Waals surface area contributed by atoms with Gasteiger partial charge in [-0.25, -0.2) is 0 Å². The van der Waals surface area contributed by atoms with E-state index in [0.717, 1.165) is 6.42 Å². The SMILES string of the molecule is Nc1cc(CCCN2CCCCC2)ccc1O. The highest BCUT2D eigenvalue weighted by atomic mass is 16.3. The molecule has 0 saturated carbocycles. The fourth-order valence-electron chi connectivity index (χ4n) is 2.45. The number of hydrogen-bond donors (Lipinski definition) is 2. The van der Waals surface area contributed by atoms with E-state index in [1.165, 1.54) is 50.9 Å². The predicted molar refractivity (Wildman–Crippen MR) is 71.1 cm³/mol. The summed E-state index contributed by atoms with van der Waals surface area (Å²) in [5, 5.41) is 9.34. The molecule has 0 aliphatic carbocycles. The number of nitrogens with two attached hydrogens (primary N) is 1. The zero-order valence-electron chi connectivity index (χ0n) is 10.4. The van der Waals surface area contributed by atoms with Crippen LogP contribution in [0.1, 0.15) is 31.2 Å². The largest absolute Gasteiger partial charge is 0.506 e. The first-order valence-corrected chi connectivity index (χ1v) is 6.55. The summed E-state index contributed by atoms with van der Waals surface area (Å²) < 4.78 is 0. The smallest absolute Gasteiger partial charge is 0.138 e. The number of anilines is 1. The summed E-state index contributed by atoms with van der Waals surface area (Å²) in [5.74, 6) is 0.185. The number of hydrogen-bond acceptors (Lipinski definition) is 3. The first-order valence-electron chi connectivity index (χ1n) is 6.55. The second kappa shape index (κ2) is 5.92. The van der Waals surface area contributed by atoms with Crippen LogP contribution in [0.5, 0.6) is 5.75 Å². The van der Waals surface area contributed by atoms with Crippen LogP contribution < -0.4 is 5.73 Å². The van der Waals surface area contributed by atoms with E-state index in [4.69, 9.17) is 5.73 Å². The van der Waals surface area contributed by atoms with Gasteiger partial charge in [0.25, 0.3) is 0 Å². The van der Waals surface area contributed by atoms with Crippen LogP contribution in [0.25, 0.3) is 0 Å². The number of benzene rings is 1. The maximum atomic E-state index is 9.34. The maximum Gasteiger partial charge on any atom is 0.138 e. The Hall–Kier alpha value is -1.22. The Morgan fingerprint density at radius 1 is 1.18 bits per heavy atom. The molecule has 3 heteroatoms. The van der Waals surface area contributed by atoms with Crippen LogP contribution in [0.4, 0.5) is 5.69 Å². The number of aryl methyl sites for hydroxylation is 1.